The average Bonchev–Trinajstić information content (AvgIpc) is 2.62. The highest BCUT2D eigenvalue weighted by atomic mass is 19.1. The number of carbonyl (C=O) groups is 1. The molecule has 0 saturated heterocycles. The minimum absolute atomic E-state index is 0.0121. The molecule has 1 N–H and O–H groups in total. The minimum Gasteiger partial charge on any atom is -0.355 e. The van der Waals surface area contributed by atoms with Gasteiger partial charge in [0.2, 0.25) is 5.91 Å². The maximum Gasteiger partial charge on any atom is 0.234 e. The van der Waals surface area contributed by atoms with E-state index < -0.39 is 0 Å². The SMILES string of the molecule is CN(CC(=O)NCCc1ccccc1F)[C@@H]1CCCc2ccccc21. The summed E-state index contributed by atoms with van der Waals surface area (Å²) in [5.41, 5.74) is 3.37. The lowest BCUT2D eigenvalue weighted by Gasteiger charge is -2.32. The number of hydrogen-bond acceptors (Lipinski definition) is 2. The second-order valence-corrected chi connectivity index (χ2v) is 6.71. The van der Waals surface area contributed by atoms with Gasteiger partial charge in [0.05, 0.1) is 6.54 Å². The second kappa shape index (κ2) is 8.26. The molecule has 3 nitrogen and oxygen atoms in total. The van der Waals surface area contributed by atoms with E-state index in [1.165, 1.54) is 17.2 Å². The molecule has 2 aromatic carbocycles. The lowest BCUT2D eigenvalue weighted by Crippen LogP contribution is -2.38. The summed E-state index contributed by atoms with van der Waals surface area (Å²) in [6.45, 7) is 0.811. The molecule has 4 heteroatoms. The normalized spacial score (nSPS) is 16.5. The van der Waals surface area contributed by atoms with E-state index in [1.54, 1.807) is 12.1 Å². The summed E-state index contributed by atoms with van der Waals surface area (Å²) < 4.78 is 13.6. The van der Waals surface area contributed by atoms with E-state index in [1.807, 2.05) is 13.1 Å². The number of halogens is 1. The third kappa shape index (κ3) is 4.45. The fourth-order valence-electron chi connectivity index (χ4n) is 3.62. The molecule has 0 aliphatic heterocycles. The summed E-state index contributed by atoms with van der Waals surface area (Å²) in [6, 6.07) is 15.5. The van der Waals surface area contributed by atoms with Gasteiger partial charge in [-0.25, -0.2) is 4.39 Å². The van der Waals surface area contributed by atoms with Crippen molar-refractivity contribution in [3.8, 4) is 0 Å². The standard InChI is InChI=1S/C21H25FN2O/c1-24(20-12-6-9-16-7-2-4-10-18(16)20)15-21(25)23-14-13-17-8-3-5-11-19(17)22/h2-5,7-8,10-11,20H,6,9,12-15H2,1H3,(H,23,25)/t20-/m1/s1. The average molecular weight is 340 g/mol. The summed E-state index contributed by atoms with van der Waals surface area (Å²) in [5.74, 6) is -0.227. The first-order chi connectivity index (χ1) is 12.1. The molecule has 1 aliphatic carbocycles. The number of nitrogens with zero attached hydrogens (tertiary/aromatic N) is 1. The molecule has 0 bridgehead atoms. The van der Waals surface area contributed by atoms with Crippen molar-refractivity contribution in [3.63, 3.8) is 0 Å². The van der Waals surface area contributed by atoms with Crippen molar-refractivity contribution in [1.29, 1.82) is 0 Å². The van der Waals surface area contributed by atoms with E-state index in [-0.39, 0.29) is 11.7 Å². The summed E-state index contributed by atoms with van der Waals surface area (Å²) in [5, 5.41) is 2.91. The molecule has 1 atom stereocenters. The Morgan fingerprint density at radius 1 is 1.20 bits per heavy atom. The van der Waals surface area contributed by atoms with E-state index >= 15 is 0 Å². The number of amides is 1. The monoisotopic (exact) mass is 340 g/mol. The molecule has 0 unspecified atom stereocenters. The van der Waals surface area contributed by atoms with E-state index in [9.17, 15) is 9.18 Å². The fourth-order valence-corrected chi connectivity index (χ4v) is 3.62. The number of likely N-dealkylation sites (N-methyl/N-ethyl adjacent to an activating group) is 1. The number of carbonyl (C=O) groups excluding carboxylic acids is 1. The van der Waals surface area contributed by atoms with Crippen molar-refractivity contribution in [3.05, 3.63) is 71.0 Å². The smallest absolute Gasteiger partial charge is 0.234 e. The third-order valence-corrected chi connectivity index (χ3v) is 4.94. The second-order valence-electron chi connectivity index (χ2n) is 6.71. The van der Waals surface area contributed by atoms with Gasteiger partial charge in [0.15, 0.2) is 0 Å². The van der Waals surface area contributed by atoms with Gasteiger partial charge in [0, 0.05) is 12.6 Å². The maximum absolute atomic E-state index is 13.6. The van der Waals surface area contributed by atoms with Gasteiger partial charge in [-0.1, -0.05) is 42.5 Å². The molecule has 3 rings (SSSR count). The molecule has 0 heterocycles. The summed E-state index contributed by atoms with van der Waals surface area (Å²) in [6.07, 6.45) is 3.86. The minimum atomic E-state index is -0.215. The molecular weight excluding hydrogens is 315 g/mol. The Labute approximate surface area is 148 Å². The number of benzene rings is 2. The van der Waals surface area contributed by atoms with Gasteiger partial charge in [0.25, 0.3) is 0 Å². The van der Waals surface area contributed by atoms with E-state index in [2.05, 4.69) is 34.5 Å². The van der Waals surface area contributed by atoms with Crippen LogP contribution >= 0.6 is 0 Å². The lowest BCUT2D eigenvalue weighted by molar-refractivity contribution is -0.122. The van der Waals surface area contributed by atoms with Crippen LogP contribution in [0.25, 0.3) is 0 Å². The number of hydrogen-bond donors (Lipinski definition) is 1. The first-order valence-corrected chi connectivity index (χ1v) is 8.93. The topological polar surface area (TPSA) is 32.3 Å². The van der Waals surface area contributed by atoms with E-state index in [4.69, 9.17) is 0 Å². The predicted octanol–water partition coefficient (Wildman–Crippen LogP) is 3.49. The zero-order chi connectivity index (χ0) is 17.6. The van der Waals surface area contributed by atoms with Crippen molar-refractivity contribution in [1.82, 2.24) is 10.2 Å². The Hall–Kier alpha value is -2.20. The molecule has 132 valence electrons. The summed E-state index contributed by atoms with van der Waals surface area (Å²) in [4.78, 5) is 14.4. The Balaban J connectivity index is 1.51. The zero-order valence-corrected chi connectivity index (χ0v) is 14.7. The van der Waals surface area contributed by atoms with Crippen LogP contribution in [0.4, 0.5) is 4.39 Å². The molecule has 1 amide bonds. The van der Waals surface area contributed by atoms with Gasteiger partial charge < -0.3 is 5.32 Å². The fraction of sp³-hybridized carbons (Fsp3) is 0.381. The number of fused-ring (bicyclic) bond motifs is 1. The molecule has 2 aromatic rings. The van der Waals surface area contributed by atoms with Crippen LogP contribution < -0.4 is 5.32 Å². The first-order valence-electron chi connectivity index (χ1n) is 8.93. The Kier molecular flexibility index (Phi) is 5.82. The largest absolute Gasteiger partial charge is 0.355 e. The number of aryl methyl sites for hydroxylation is 1. The van der Waals surface area contributed by atoms with Crippen LogP contribution in [-0.2, 0) is 17.6 Å². The molecule has 25 heavy (non-hydrogen) atoms. The molecule has 0 radical (unpaired) electrons. The third-order valence-electron chi connectivity index (χ3n) is 4.94. The Morgan fingerprint density at radius 3 is 2.80 bits per heavy atom. The van der Waals surface area contributed by atoms with Gasteiger partial charge in [-0.05, 0) is 55.5 Å². The highest BCUT2D eigenvalue weighted by Crippen LogP contribution is 2.33. The zero-order valence-electron chi connectivity index (χ0n) is 14.7. The van der Waals surface area contributed by atoms with E-state index in [0.717, 1.165) is 19.3 Å². The van der Waals surface area contributed by atoms with Gasteiger partial charge in [-0.2, -0.15) is 0 Å². The van der Waals surface area contributed by atoms with Crippen LogP contribution in [0.15, 0.2) is 48.5 Å². The van der Waals surface area contributed by atoms with Crippen molar-refractivity contribution in [2.45, 2.75) is 31.7 Å². The van der Waals surface area contributed by atoms with E-state index in [0.29, 0.717) is 31.1 Å². The predicted molar refractivity (Wildman–Crippen MR) is 97.9 cm³/mol. The van der Waals surface area contributed by atoms with Crippen molar-refractivity contribution in [2.75, 3.05) is 20.1 Å². The molecule has 1 aliphatic rings. The van der Waals surface area contributed by atoms with Crippen molar-refractivity contribution < 1.29 is 9.18 Å². The van der Waals surface area contributed by atoms with Crippen molar-refractivity contribution >= 4 is 5.91 Å². The van der Waals surface area contributed by atoms with Crippen LogP contribution in [0.5, 0.6) is 0 Å². The van der Waals surface area contributed by atoms with Crippen LogP contribution in [0.1, 0.15) is 35.6 Å². The van der Waals surface area contributed by atoms with Gasteiger partial charge in [-0.3, -0.25) is 9.69 Å². The number of rotatable bonds is 6. The van der Waals surface area contributed by atoms with Gasteiger partial charge in [-0.15, -0.1) is 0 Å². The highest BCUT2D eigenvalue weighted by molar-refractivity contribution is 5.78. The quantitative estimate of drug-likeness (QED) is 0.873. The highest BCUT2D eigenvalue weighted by Gasteiger charge is 2.24. The first kappa shape index (κ1) is 17.6. The molecular formula is C21H25FN2O. The summed E-state index contributed by atoms with van der Waals surface area (Å²) in [7, 11) is 2.00. The van der Waals surface area contributed by atoms with Gasteiger partial charge >= 0.3 is 0 Å². The van der Waals surface area contributed by atoms with Crippen LogP contribution in [-0.4, -0.2) is 30.9 Å². The summed E-state index contributed by atoms with van der Waals surface area (Å²) >= 11 is 0. The molecule has 0 saturated carbocycles. The Morgan fingerprint density at radius 2 is 1.96 bits per heavy atom. The molecule has 0 fully saturated rings. The van der Waals surface area contributed by atoms with Crippen LogP contribution in [0, 0.1) is 5.82 Å². The molecule has 0 spiro atoms. The molecule has 0 aromatic heterocycles. The van der Waals surface area contributed by atoms with Crippen molar-refractivity contribution in [2.24, 2.45) is 0 Å². The number of nitrogens with one attached hydrogen (secondary N) is 1. The van der Waals surface area contributed by atoms with Crippen LogP contribution in [0.2, 0.25) is 0 Å². The Bertz CT molecular complexity index is 731. The maximum atomic E-state index is 13.6. The van der Waals surface area contributed by atoms with Crippen LogP contribution in [0.3, 0.4) is 0 Å². The van der Waals surface area contributed by atoms with Gasteiger partial charge in [0.1, 0.15) is 5.82 Å². The lowest BCUT2D eigenvalue weighted by atomic mass is 9.87.